The maximum absolute atomic E-state index is 6.20. The Labute approximate surface area is 162 Å². The SMILES string of the molecule is Clc1ccc(-c2cc(CSc3nnc(-c4cccnc4)o3)on2)c(Cl)c1. The smallest absolute Gasteiger partial charge is 0.277 e. The van der Waals surface area contributed by atoms with Crippen LogP contribution >= 0.6 is 35.0 Å². The van der Waals surface area contributed by atoms with Crippen LogP contribution in [0, 0.1) is 0 Å². The summed E-state index contributed by atoms with van der Waals surface area (Å²) in [5.41, 5.74) is 2.17. The number of benzene rings is 1. The third-order valence-electron chi connectivity index (χ3n) is 3.42. The van der Waals surface area contributed by atoms with E-state index < -0.39 is 0 Å². The van der Waals surface area contributed by atoms with Gasteiger partial charge in [0.05, 0.1) is 16.3 Å². The minimum Gasteiger partial charge on any atom is -0.411 e. The van der Waals surface area contributed by atoms with Crippen molar-refractivity contribution in [3.63, 3.8) is 0 Å². The monoisotopic (exact) mass is 404 g/mol. The lowest BCUT2D eigenvalue weighted by Gasteiger charge is -1.99. The van der Waals surface area contributed by atoms with Crippen molar-refractivity contribution in [1.29, 1.82) is 0 Å². The van der Waals surface area contributed by atoms with Gasteiger partial charge in [0.25, 0.3) is 5.22 Å². The minimum atomic E-state index is 0.423. The third-order valence-corrected chi connectivity index (χ3v) is 4.81. The summed E-state index contributed by atoms with van der Waals surface area (Å²) in [6.45, 7) is 0. The second-order valence-electron chi connectivity index (χ2n) is 5.21. The molecule has 3 heterocycles. The summed E-state index contributed by atoms with van der Waals surface area (Å²) in [4.78, 5) is 4.03. The molecule has 9 heteroatoms. The summed E-state index contributed by atoms with van der Waals surface area (Å²) in [5, 5.41) is 13.6. The van der Waals surface area contributed by atoms with Crippen LogP contribution in [0.2, 0.25) is 10.0 Å². The van der Waals surface area contributed by atoms with Crippen molar-refractivity contribution < 1.29 is 8.94 Å². The molecule has 0 saturated carbocycles. The van der Waals surface area contributed by atoms with E-state index in [1.165, 1.54) is 11.8 Å². The maximum atomic E-state index is 6.20. The second-order valence-corrected chi connectivity index (χ2v) is 6.98. The number of rotatable bonds is 5. The number of pyridine rings is 1. The highest BCUT2D eigenvalue weighted by atomic mass is 35.5. The van der Waals surface area contributed by atoms with Crippen LogP contribution in [0.25, 0.3) is 22.7 Å². The van der Waals surface area contributed by atoms with E-state index in [4.69, 9.17) is 32.1 Å². The molecule has 0 atom stereocenters. The van der Waals surface area contributed by atoms with Gasteiger partial charge in [0.1, 0.15) is 11.5 Å². The van der Waals surface area contributed by atoms with E-state index in [0.29, 0.717) is 38.4 Å². The highest BCUT2D eigenvalue weighted by Gasteiger charge is 2.13. The van der Waals surface area contributed by atoms with E-state index in [1.807, 2.05) is 18.2 Å². The lowest BCUT2D eigenvalue weighted by molar-refractivity contribution is 0.396. The lowest BCUT2D eigenvalue weighted by Crippen LogP contribution is -1.79. The first kappa shape index (κ1) is 17.1. The summed E-state index contributed by atoms with van der Waals surface area (Å²) in [6, 6.07) is 10.7. The predicted molar refractivity (Wildman–Crippen MR) is 99.0 cm³/mol. The van der Waals surface area contributed by atoms with Gasteiger partial charge >= 0.3 is 0 Å². The number of aromatic nitrogens is 4. The van der Waals surface area contributed by atoms with E-state index in [2.05, 4.69) is 20.3 Å². The molecular formula is C17H10Cl2N4O2S. The zero-order valence-corrected chi connectivity index (χ0v) is 15.4. The van der Waals surface area contributed by atoms with Gasteiger partial charge in [-0.1, -0.05) is 40.1 Å². The Morgan fingerprint density at radius 3 is 2.81 bits per heavy atom. The van der Waals surface area contributed by atoms with E-state index in [-0.39, 0.29) is 0 Å². The predicted octanol–water partition coefficient (Wildman–Crippen LogP) is 5.39. The van der Waals surface area contributed by atoms with Gasteiger partial charge in [-0.3, -0.25) is 4.98 Å². The van der Waals surface area contributed by atoms with Crippen molar-refractivity contribution in [2.45, 2.75) is 11.0 Å². The van der Waals surface area contributed by atoms with Crippen molar-refractivity contribution in [2.24, 2.45) is 0 Å². The summed E-state index contributed by atoms with van der Waals surface area (Å²) < 4.78 is 11.0. The quantitative estimate of drug-likeness (QED) is 0.412. The average molecular weight is 405 g/mol. The van der Waals surface area contributed by atoms with Crippen LogP contribution in [0.4, 0.5) is 0 Å². The lowest BCUT2D eigenvalue weighted by atomic mass is 10.1. The van der Waals surface area contributed by atoms with Crippen molar-refractivity contribution in [1.82, 2.24) is 20.3 Å². The Kier molecular flexibility index (Phi) is 4.92. The number of hydrogen-bond donors (Lipinski definition) is 0. The van der Waals surface area contributed by atoms with Crippen LogP contribution in [0.15, 0.2) is 63.0 Å². The molecule has 4 aromatic rings. The zero-order valence-electron chi connectivity index (χ0n) is 13.1. The largest absolute Gasteiger partial charge is 0.411 e. The van der Waals surface area contributed by atoms with Gasteiger partial charge in [0.2, 0.25) is 5.89 Å². The molecular weight excluding hydrogens is 395 g/mol. The van der Waals surface area contributed by atoms with Gasteiger partial charge in [0.15, 0.2) is 0 Å². The topological polar surface area (TPSA) is 77.8 Å². The highest BCUT2D eigenvalue weighted by Crippen LogP contribution is 2.31. The average Bonchev–Trinajstić information content (AvgIpc) is 3.30. The van der Waals surface area contributed by atoms with Crippen LogP contribution in [0.5, 0.6) is 0 Å². The van der Waals surface area contributed by atoms with Crippen molar-refractivity contribution >= 4 is 35.0 Å². The van der Waals surface area contributed by atoms with Gasteiger partial charge in [-0.15, -0.1) is 10.2 Å². The summed E-state index contributed by atoms with van der Waals surface area (Å²) >= 11 is 13.5. The molecule has 0 aliphatic carbocycles. The molecule has 1 aromatic carbocycles. The normalized spacial score (nSPS) is 11.0. The van der Waals surface area contributed by atoms with Gasteiger partial charge in [0, 0.05) is 29.0 Å². The highest BCUT2D eigenvalue weighted by molar-refractivity contribution is 7.98. The molecule has 0 aliphatic rings. The van der Waals surface area contributed by atoms with Crippen LogP contribution in [-0.2, 0) is 5.75 Å². The molecule has 0 spiro atoms. The molecule has 0 unspecified atom stereocenters. The fraction of sp³-hybridized carbons (Fsp3) is 0.0588. The van der Waals surface area contributed by atoms with Crippen LogP contribution < -0.4 is 0 Å². The Morgan fingerprint density at radius 2 is 2.00 bits per heavy atom. The molecule has 0 amide bonds. The van der Waals surface area contributed by atoms with Gasteiger partial charge in [-0.05, 0) is 30.3 Å². The molecule has 0 N–H and O–H groups in total. The van der Waals surface area contributed by atoms with Gasteiger partial charge in [-0.25, -0.2) is 0 Å². The Bertz CT molecular complexity index is 1040. The molecule has 0 radical (unpaired) electrons. The molecule has 0 fully saturated rings. The van der Waals surface area contributed by atoms with E-state index in [0.717, 1.165) is 11.1 Å². The maximum Gasteiger partial charge on any atom is 0.277 e. The summed E-state index contributed by atoms with van der Waals surface area (Å²) in [7, 11) is 0. The zero-order chi connectivity index (χ0) is 17.9. The number of halogens is 2. The van der Waals surface area contributed by atoms with Crippen molar-refractivity contribution in [3.05, 3.63) is 64.6 Å². The first-order valence-electron chi connectivity index (χ1n) is 7.47. The molecule has 0 bridgehead atoms. The minimum absolute atomic E-state index is 0.423. The number of nitrogens with zero attached hydrogens (tertiary/aromatic N) is 4. The number of hydrogen-bond acceptors (Lipinski definition) is 7. The van der Waals surface area contributed by atoms with Crippen molar-refractivity contribution in [2.75, 3.05) is 0 Å². The van der Waals surface area contributed by atoms with Crippen LogP contribution in [-0.4, -0.2) is 20.3 Å². The van der Waals surface area contributed by atoms with Crippen LogP contribution in [0.1, 0.15) is 5.76 Å². The molecule has 130 valence electrons. The molecule has 0 aliphatic heterocycles. The van der Waals surface area contributed by atoms with Crippen LogP contribution in [0.3, 0.4) is 0 Å². The van der Waals surface area contributed by atoms with E-state index >= 15 is 0 Å². The fourth-order valence-corrected chi connectivity index (χ4v) is 3.36. The Balaban J connectivity index is 1.45. The van der Waals surface area contributed by atoms with E-state index in [1.54, 1.807) is 30.6 Å². The van der Waals surface area contributed by atoms with Crippen molar-refractivity contribution in [3.8, 4) is 22.7 Å². The van der Waals surface area contributed by atoms with Gasteiger partial charge < -0.3 is 8.94 Å². The standard InChI is InChI=1S/C17H10Cl2N4O2S/c18-11-3-4-13(14(19)6-11)15-7-12(25-23-15)9-26-17-22-21-16(24-17)10-2-1-5-20-8-10/h1-8H,9H2. The summed E-state index contributed by atoms with van der Waals surface area (Å²) in [5.74, 6) is 1.58. The first-order valence-corrected chi connectivity index (χ1v) is 9.21. The molecule has 6 nitrogen and oxygen atoms in total. The molecule has 4 rings (SSSR count). The van der Waals surface area contributed by atoms with E-state index in [9.17, 15) is 0 Å². The molecule has 3 aromatic heterocycles. The molecule has 0 saturated heterocycles. The fourth-order valence-electron chi connectivity index (χ4n) is 2.21. The third kappa shape index (κ3) is 3.75. The summed E-state index contributed by atoms with van der Waals surface area (Å²) in [6.07, 6.45) is 3.35. The number of thioether (sulfide) groups is 1. The Hall–Kier alpha value is -2.35. The molecule has 26 heavy (non-hydrogen) atoms. The van der Waals surface area contributed by atoms with Gasteiger partial charge in [-0.2, -0.15) is 0 Å². The first-order chi connectivity index (χ1) is 12.7. The Morgan fingerprint density at radius 1 is 1.08 bits per heavy atom. The second kappa shape index (κ2) is 7.49.